The number of carbonyl (C=O) groups is 1. The van der Waals surface area contributed by atoms with Gasteiger partial charge in [0, 0.05) is 11.4 Å². The van der Waals surface area contributed by atoms with Crippen LogP contribution in [0.15, 0.2) is 53.4 Å². The Morgan fingerprint density at radius 1 is 1.17 bits per heavy atom. The Labute approximate surface area is 141 Å². The van der Waals surface area contributed by atoms with E-state index in [1.54, 1.807) is 23.9 Å². The first-order chi connectivity index (χ1) is 11.3. The van der Waals surface area contributed by atoms with E-state index in [1.807, 2.05) is 18.4 Å². The van der Waals surface area contributed by atoms with Crippen LogP contribution in [0.5, 0.6) is 0 Å². The average Bonchev–Trinajstić information content (AvgIpc) is 2.58. The average molecular weight is 355 g/mol. The number of alkyl halides is 3. The lowest BCUT2D eigenvalue weighted by atomic mass is 10.1. The van der Waals surface area contributed by atoms with Crippen LogP contribution in [-0.2, 0) is 6.18 Å². The molecule has 2 rings (SSSR count). The highest BCUT2D eigenvalue weighted by Gasteiger charge is 2.34. The smallest absolute Gasteiger partial charge is 0.387 e. The number of halogens is 3. The number of aliphatic hydroxyl groups excluding tert-OH is 1. The van der Waals surface area contributed by atoms with E-state index in [-0.39, 0.29) is 6.54 Å². The van der Waals surface area contributed by atoms with Crippen molar-refractivity contribution in [3.05, 3.63) is 65.2 Å². The fourth-order valence-corrected chi connectivity index (χ4v) is 2.57. The van der Waals surface area contributed by atoms with Gasteiger partial charge in [0.05, 0.1) is 17.2 Å². The Morgan fingerprint density at radius 2 is 1.79 bits per heavy atom. The van der Waals surface area contributed by atoms with E-state index < -0.39 is 29.3 Å². The fourth-order valence-electron chi connectivity index (χ4n) is 2.16. The number of amides is 1. The van der Waals surface area contributed by atoms with Crippen LogP contribution in [0.2, 0.25) is 0 Å². The van der Waals surface area contributed by atoms with Gasteiger partial charge in [-0.05, 0) is 36.1 Å². The third kappa shape index (κ3) is 4.52. The minimum Gasteiger partial charge on any atom is -0.387 e. The molecule has 0 bridgehead atoms. The maximum Gasteiger partial charge on any atom is 0.417 e. The molecule has 1 atom stereocenters. The maximum absolute atomic E-state index is 12.9. The molecular formula is C17H16F3NO2S. The van der Waals surface area contributed by atoms with E-state index in [1.165, 1.54) is 12.1 Å². The van der Waals surface area contributed by atoms with E-state index >= 15 is 0 Å². The second-order valence-electron chi connectivity index (χ2n) is 5.04. The van der Waals surface area contributed by atoms with E-state index in [0.717, 1.165) is 17.0 Å². The summed E-state index contributed by atoms with van der Waals surface area (Å²) in [6.07, 6.45) is -3.69. The highest BCUT2D eigenvalue weighted by atomic mass is 32.2. The summed E-state index contributed by atoms with van der Waals surface area (Å²) in [5.41, 5.74) is -0.881. The van der Waals surface area contributed by atoms with E-state index in [0.29, 0.717) is 5.56 Å². The molecule has 24 heavy (non-hydrogen) atoms. The summed E-state index contributed by atoms with van der Waals surface area (Å²) in [4.78, 5) is 13.0. The summed E-state index contributed by atoms with van der Waals surface area (Å²) >= 11 is 1.55. The Morgan fingerprint density at radius 3 is 2.38 bits per heavy atom. The highest BCUT2D eigenvalue weighted by molar-refractivity contribution is 7.98. The molecular weight excluding hydrogens is 339 g/mol. The topological polar surface area (TPSA) is 49.3 Å². The zero-order valence-electron chi connectivity index (χ0n) is 12.8. The number of rotatable bonds is 5. The number of hydrogen-bond donors (Lipinski definition) is 2. The molecule has 7 heteroatoms. The van der Waals surface area contributed by atoms with Crippen molar-refractivity contribution in [2.24, 2.45) is 0 Å². The number of hydrogen-bond acceptors (Lipinski definition) is 3. The number of aliphatic hydroxyl groups is 1. The Balaban J connectivity index is 2.05. The maximum atomic E-state index is 12.9. The predicted molar refractivity (Wildman–Crippen MR) is 87.0 cm³/mol. The van der Waals surface area contributed by atoms with Crippen molar-refractivity contribution < 1.29 is 23.1 Å². The van der Waals surface area contributed by atoms with Crippen LogP contribution in [0.25, 0.3) is 0 Å². The minimum absolute atomic E-state index is 0.177. The van der Waals surface area contributed by atoms with Gasteiger partial charge in [-0.1, -0.05) is 24.3 Å². The molecule has 2 N–H and O–H groups in total. The van der Waals surface area contributed by atoms with Crippen LogP contribution < -0.4 is 5.32 Å². The molecule has 0 aromatic heterocycles. The monoisotopic (exact) mass is 355 g/mol. The van der Waals surface area contributed by atoms with E-state index in [9.17, 15) is 23.1 Å². The lowest BCUT2D eigenvalue weighted by Gasteiger charge is -2.15. The van der Waals surface area contributed by atoms with E-state index in [2.05, 4.69) is 5.32 Å². The summed E-state index contributed by atoms with van der Waals surface area (Å²) in [6, 6.07) is 11.6. The van der Waals surface area contributed by atoms with Gasteiger partial charge in [-0.15, -0.1) is 11.8 Å². The van der Waals surface area contributed by atoms with Crippen LogP contribution in [0.3, 0.4) is 0 Å². The van der Waals surface area contributed by atoms with Crippen molar-refractivity contribution >= 4 is 17.7 Å². The SMILES string of the molecule is CSc1ccc(C(O)CNC(=O)c2ccccc2C(F)(F)F)cc1. The van der Waals surface area contributed by atoms with Crippen LogP contribution in [0, 0.1) is 0 Å². The Bertz CT molecular complexity index is 702. The van der Waals surface area contributed by atoms with Gasteiger partial charge < -0.3 is 10.4 Å². The molecule has 3 nitrogen and oxygen atoms in total. The second kappa shape index (κ2) is 7.72. The third-order valence-electron chi connectivity index (χ3n) is 3.43. The molecule has 128 valence electrons. The first-order valence-electron chi connectivity index (χ1n) is 7.09. The van der Waals surface area contributed by atoms with Crippen molar-refractivity contribution in [3.63, 3.8) is 0 Å². The lowest BCUT2D eigenvalue weighted by Crippen LogP contribution is -2.30. The number of thioether (sulfide) groups is 1. The van der Waals surface area contributed by atoms with Crippen LogP contribution in [-0.4, -0.2) is 23.8 Å². The highest BCUT2D eigenvalue weighted by Crippen LogP contribution is 2.31. The molecule has 0 heterocycles. The lowest BCUT2D eigenvalue weighted by molar-refractivity contribution is -0.137. The van der Waals surface area contributed by atoms with Gasteiger partial charge in [-0.2, -0.15) is 13.2 Å². The summed E-state index contributed by atoms with van der Waals surface area (Å²) in [7, 11) is 0. The number of nitrogens with one attached hydrogen (secondary N) is 1. The predicted octanol–water partition coefficient (Wildman–Crippen LogP) is 3.89. The fraction of sp³-hybridized carbons (Fsp3) is 0.235. The van der Waals surface area contributed by atoms with Crippen molar-refractivity contribution in [1.29, 1.82) is 0 Å². The molecule has 0 radical (unpaired) electrons. The van der Waals surface area contributed by atoms with Gasteiger partial charge in [0.2, 0.25) is 0 Å². The summed E-state index contributed by atoms with van der Waals surface area (Å²) < 4.78 is 38.7. The number of benzene rings is 2. The Hall–Kier alpha value is -1.99. The summed E-state index contributed by atoms with van der Waals surface area (Å²) in [6.45, 7) is -0.177. The van der Waals surface area contributed by atoms with Gasteiger partial charge in [-0.25, -0.2) is 0 Å². The van der Waals surface area contributed by atoms with Gasteiger partial charge in [0.15, 0.2) is 0 Å². The largest absolute Gasteiger partial charge is 0.417 e. The van der Waals surface area contributed by atoms with Crippen LogP contribution >= 0.6 is 11.8 Å². The van der Waals surface area contributed by atoms with Crippen molar-refractivity contribution in [1.82, 2.24) is 5.32 Å². The van der Waals surface area contributed by atoms with Crippen molar-refractivity contribution in [3.8, 4) is 0 Å². The van der Waals surface area contributed by atoms with Gasteiger partial charge in [0.1, 0.15) is 0 Å². The zero-order chi connectivity index (χ0) is 17.7. The van der Waals surface area contributed by atoms with Crippen LogP contribution in [0.4, 0.5) is 13.2 Å². The Kier molecular flexibility index (Phi) is 5.90. The molecule has 0 spiro atoms. The first-order valence-corrected chi connectivity index (χ1v) is 8.32. The quantitative estimate of drug-likeness (QED) is 0.800. The molecule has 0 aliphatic rings. The molecule has 1 unspecified atom stereocenters. The third-order valence-corrected chi connectivity index (χ3v) is 4.18. The molecule has 0 aliphatic carbocycles. The summed E-state index contributed by atoms with van der Waals surface area (Å²) in [5, 5.41) is 12.4. The van der Waals surface area contributed by atoms with Gasteiger partial charge in [-0.3, -0.25) is 4.79 Å². The molecule has 2 aromatic carbocycles. The van der Waals surface area contributed by atoms with Gasteiger partial charge >= 0.3 is 6.18 Å². The minimum atomic E-state index is -4.61. The first kappa shape index (κ1) is 18.4. The number of carbonyl (C=O) groups excluding carboxylic acids is 1. The molecule has 0 saturated carbocycles. The van der Waals surface area contributed by atoms with Gasteiger partial charge in [0.25, 0.3) is 5.91 Å². The zero-order valence-corrected chi connectivity index (χ0v) is 13.6. The molecule has 0 saturated heterocycles. The summed E-state index contributed by atoms with van der Waals surface area (Å²) in [5.74, 6) is -0.872. The molecule has 0 fully saturated rings. The van der Waals surface area contributed by atoms with E-state index in [4.69, 9.17) is 0 Å². The van der Waals surface area contributed by atoms with Crippen LogP contribution in [0.1, 0.15) is 27.6 Å². The molecule has 2 aromatic rings. The standard InChI is InChI=1S/C17H16F3NO2S/c1-24-12-8-6-11(7-9-12)15(22)10-21-16(23)13-4-2-3-5-14(13)17(18,19)20/h2-9,15,22H,10H2,1H3,(H,21,23). The van der Waals surface area contributed by atoms with Crippen molar-refractivity contribution in [2.45, 2.75) is 17.2 Å². The normalized spacial score (nSPS) is 12.7. The van der Waals surface area contributed by atoms with Crippen molar-refractivity contribution in [2.75, 3.05) is 12.8 Å². The second-order valence-corrected chi connectivity index (χ2v) is 5.92. The molecule has 1 amide bonds. The molecule has 0 aliphatic heterocycles.